The van der Waals surface area contributed by atoms with E-state index in [2.05, 4.69) is 15.5 Å². The molecule has 2 aromatic carbocycles. The Balaban J connectivity index is 1.48. The van der Waals surface area contributed by atoms with Crippen LogP contribution in [0.25, 0.3) is 22.5 Å². The number of amides is 1. The van der Waals surface area contributed by atoms with Gasteiger partial charge < -0.3 is 9.84 Å². The van der Waals surface area contributed by atoms with Crippen molar-refractivity contribution in [2.24, 2.45) is 0 Å². The predicted octanol–water partition coefficient (Wildman–Crippen LogP) is 5.16. The van der Waals surface area contributed by atoms with E-state index in [9.17, 15) is 9.18 Å². The summed E-state index contributed by atoms with van der Waals surface area (Å²) in [4.78, 5) is 16.8. The van der Waals surface area contributed by atoms with Crippen LogP contribution >= 0.6 is 11.3 Å². The van der Waals surface area contributed by atoms with E-state index in [1.165, 1.54) is 18.2 Å². The molecule has 1 N–H and O–H groups in total. The van der Waals surface area contributed by atoms with Crippen LogP contribution in [-0.2, 0) is 0 Å². The van der Waals surface area contributed by atoms with Gasteiger partial charge in [0.05, 0.1) is 10.7 Å². The minimum absolute atomic E-state index is 0.0495. The summed E-state index contributed by atoms with van der Waals surface area (Å²) in [5.41, 5.74) is 3.45. The minimum atomic E-state index is -0.428. The summed E-state index contributed by atoms with van der Waals surface area (Å²) >= 11 is 1.59. The molecule has 4 rings (SSSR count). The van der Waals surface area contributed by atoms with Crippen molar-refractivity contribution in [3.05, 3.63) is 76.6 Å². The maximum atomic E-state index is 13.3. The van der Waals surface area contributed by atoms with Crippen molar-refractivity contribution in [3.8, 4) is 22.5 Å². The molecule has 27 heavy (non-hydrogen) atoms. The van der Waals surface area contributed by atoms with Crippen LogP contribution in [0, 0.1) is 12.7 Å². The van der Waals surface area contributed by atoms with Gasteiger partial charge in [0.15, 0.2) is 0 Å². The van der Waals surface area contributed by atoms with E-state index in [1.54, 1.807) is 35.6 Å². The number of benzene rings is 2. The van der Waals surface area contributed by atoms with Gasteiger partial charge in [0.1, 0.15) is 11.5 Å². The lowest BCUT2D eigenvalue weighted by Gasteiger charge is -2.03. The molecule has 2 aromatic heterocycles. The molecule has 0 radical (unpaired) electrons. The predicted molar refractivity (Wildman–Crippen MR) is 102 cm³/mol. The second-order valence-corrected chi connectivity index (χ2v) is 6.93. The third-order valence-electron chi connectivity index (χ3n) is 3.91. The molecule has 7 heteroatoms. The number of aromatic nitrogens is 2. The van der Waals surface area contributed by atoms with Gasteiger partial charge >= 0.3 is 0 Å². The molecule has 0 atom stereocenters. The van der Waals surface area contributed by atoms with Crippen molar-refractivity contribution in [2.75, 3.05) is 5.32 Å². The van der Waals surface area contributed by atoms with E-state index in [4.69, 9.17) is 4.52 Å². The van der Waals surface area contributed by atoms with Gasteiger partial charge in [0, 0.05) is 28.3 Å². The highest BCUT2D eigenvalue weighted by Gasteiger charge is 2.15. The molecule has 0 spiro atoms. The Hall–Kier alpha value is -3.32. The van der Waals surface area contributed by atoms with Gasteiger partial charge in [-0.25, -0.2) is 9.37 Å². The standard InChI is InChI=1S/C20H14FN3O2S/c1-12-22-18(11-27-12)13-5-7-16(8-6-13)23-20(25)19-10-17(24-26-19)14-3-2-4-15(21)9-14/h2-11H,1H3,(H,23,25). The number of hydrogen-bond acceptors (Lipinski definition) is 5. The Bertz CT molecular complexity index is 1100. The molecule has 0 saturated heterocycles. The molecule has 0 aliphatic carbocycles. The number of hydrogen-bond donors (Lipinski definition) is 1. The first-order valence-electron chi connectivity index (χ1n) is 8.15. The minimum Gasteiger partial charge on any atom is -0.350 e. The first-order chi connectivity index (χ1) is 13.1. The van der Waals surface area contributed by atoms with Crippen LogP contribution in [0.3, 0.4) is 0 Å². The lowest BCUT2D eigenvalue weighted by molar-refractivity contribution is 0.0988. The molecular weight excluding hydrogens is 365 g/mol. The molecule has 5 nitrogen and oxygen atoms in total. The Kier molecular flexibility index (Phi) is 4.52. The highest BCUT2D eigenvalue weighted by Crippen LogP contribution is 2.24. The lowest BCUT2D eigenvalue weighted by Crippen LogP contribution is -2.10. The van der Waals surface area contributed by atoms with Crippen LogP contribution in [0.1, 0.15) is 15.6 Å². The maximum absolute atomic E-state index is 13.3. The number of carbonyl (C=O) groups is 1. The molecule has 0 saturated carbocycles. The molecule has 4 aromatic rings. The Morgan fingerprint density at radius 3 is 2.59 bits per heavy atom. The van der Waals surface area contributed by atoms with Gasteiger partial charge in [-0.2, -0.15) is 0 Å². The van der Waals surface area contributed by atoms with E-state index in [0.29, 0.717) is 16.9 Å². The third-order valence-corrected chi connectivity index (χ3v) is 4.69. The molecule has 0 fully saturated rings. The van der Waals surface area contributed by atoms with E-state index in [0.717, 1.165) is 16.3 Å². The van der Waals surface area contributed by atoms with Gasteiger partial charge in [0.2, 0.25) is 5.76 Å². The second kappa shape index (κ2) is 7.13. The summed E-state index contributed by atoms with van der Waals surface area (Å²) < 4.78 is 18.4. The smallest absolute Gasteiger partial charge is 0.294 e. The molecule has 0 bridgehead atoms. The molecule has 0 unspecified atom stereocenters. The van der Waals surface area contributed by atoms with Gasteiger partial charge in [-0.15, -0.1) is 11.3 Å². The summed E-state index contributed by atoms with van der Waals surface area (Å²) in [5, 5.41) is 9.58. The zero-order chi connectivity index (χ0) is 18.8. The van der Waals surface area contributed by atoms with Crippen molar-refractivity contribution in [1.29, 1.82) is 0 Å². The number of halogens is 1. The zero-order valence-electron chi connectivity index (χ0n) is 14.3. The van der Waals surface area contributed by atoms with Gasteiger partial charge in [0.25, 0.3) is 5.91 Å². The Labute approximate surface area is 158 Å². The second-order valence-electron chi connectivity index (χ2n) is 5.87. The SMILES string of the molecule is Cc1nc(-c2ccc(NC(=O)c3cc(-c4cccc(F)c4)no3)cc2)cs1. The van der Waals surface area contributed by atoms with Crippen molar-refractivity contribution in [2.45, 2.75) is 6.92 Å². The van der Waals surface area contributed by atoms with Gasteiger partial charge in [-0.05, 0) is 31.2 Å². The normalized spacial score (nSPS) is 10.7. The summed E-state index contributed by atoms with van der Waals surface area (Å²) in [6.45, 7) is 1.96. The molecule has 2 heterocycles. The third kappa shape index (κ3) is 3.78. The summed E-state index contributed by atoms with van der Waals surface area (Å²) in [6, 6.07) is 14.8. The molecule has 134 valence electrons. The van der Waals surface area contributed by atoms with Crippen LogP contribution in [-0.4, -0.2) is 16.0 Å². The Morgan fingerprint density at radius 1 is 1.07 bits per heavy atom. The molecular formula is C20H14FN3O2S. The molecule has 1 amide bonds. The van der Waals surface area contributed by atoms with Crippen LogP contribution in [0.15, 0.2) is 64.5 Å². The number of aryl methyl sites for hydroxylation is 1. The van der Waals surface area contributed by atoms with Crippen LogP contribution in [0.2, 0.25) is 0 Å². The number of nitrogens with one attached hydrogen (secondary N) is 1. The van der Waals surface area contributed by atoms with E-state index >= 15 is 0 Å². The van der Waals surface area contributed by atoms with Crippen molar-refractivity contribution < 1.29 is 13.7 Å². The topological polar surface area (TPSA) is 68.0 Å². The van der Waals surface area contributed by atoms with E-state index in [-0.39, 0.29) is 11.6 Å². The largest absolute Gasteiger partial charge is 0.350 e. The number of nitrogens with zero attached hydrogens (tertiary/aromatic N) is 2. The average Bonchev–Trinajstić information content (AvgIpc) is 3.32. The van der Waals surface area contributed by atoms with E-state index in [1.807, 2.05) is 24.4 Å². The van der Waals surface area contributed by atoms with Crippen LogP contribution < -0.4 is 5.32 Å². The summed E-state index contributed by atoms with van der Waals surface area (Å²) in [5.74, 6) is -0.757. The van der Waals surface area contributed by atoms with Crippen molar-refractivity contribution in [3.63, 3.8) is 0 Å². The summed E-state index contributed by atoms with van der Waals surface area (Å²) in [7, 11) is 0. The van der Waals surface area contributed by atoms with Gasteiger partial charge in [-0.3, -0.25) is 4.79 Å². The number of carbonyl (C=O) groups excluding carboxylic acids is 1. The van der Waals surface area contributed by atoms with Crippen LogP contribution in [0.5, 0.6) is 0 Å². The number of thiazole rings is 1. The highest BCUT2D eigenvalue weighted by molar-refractivity contribution is 7.09. The van der Waals surface area contributed by atoms with Crippen molar-refractivity contribution in [1.82, 2.24) is 10.1 Å². The monoisotopic (exact) mass is 379 g/mol. The van der Waals surface area contributed by atoms with Gasteiger partial charge in [-0.1, -0.05) is 29.4 Å². The summed E-state index contributed by atoms with van der Waals surface area (Å²) in [6.07, 6.45) is 0. The van der Waals surface area contributed by atoms with Crippen molar-refractivity contribution >= 4 is 22.9 Å². The quantitative estimate of drug-likeness (QED) is 0.531. The first-order valence-corrected chi connectivity index (χ1v) is 9.03. The number of rotatable bonds is 4. The Morgan fingerprint density at radius 2 is 1.89 bits per heavy atom. The first kappa shape index (κ1) is 17.1. The number of anilines is 1. The lowest BCUT2D eigenvalue weighted by atomic mass is 10.1. The highest BCUT2D eigenvalue weighted by atomic mass is 32.1. The van der Waals surface area contributed by atoms with E-state index < -0.39 is 5.91 Å². The van der Waals surface area contributed by atoms with Crippen LogP contribution in [0.4, 0.5) is 10.1 Å². The fraction of sp³-hybridized carbons (Fsp3) is 0.0500. The fourth-order valence-electron chi connectivity index (χ4n) is 2.58. The zero-order valence-corrected chi connectivity index (χ0v) is 15.1. The maximum Gasteiger partial charge on any atom is 0.294 e. The average molecular weight is 379 g/mol. The fourth-order valence-corrected chi connectivity index (χ4v) is 3.20. The molecule has 0 aliphatic heterocycles. The molecule has 0 aliphatic rings.